The van der Waals surface area contributed by atoms with Crippen molar-refractivity contribution in [1.29, 1.82) is 0 Å². The molecule has 1 aromatic heterocycles. The smallest absolute Gasteiger partial charge is 0.410 e. The summed E-state index contributed by atoms with van der Waals surface area (Å²) in [5.41, 5.74) is 2.53. The molecule has 0 bridgehead atoms. The molecule has 0 radical (unpaired) electrons. The van der Waals surface area contributed by atoms with Gasteiger partial charge in [-0.25, -0.2) is 9.18 Å². The highest BCUT2D eigenvalue weighted by Crippen LogP contribution is 2.35. The minimum Gasteiger partial charge on any atom is -0.444 e. The fraction of sp³-hybridized carbons (Fsp3) is 0.522. The molecule has 0 spiro atoms. The second-order valence-electron chi connectivity index (χ2n) is 8.91. The largest absolute Gasteiger partial charge is 0.444 e. The van der Waals surface area contributed by atoms with E-state index in [-0.39, 0.29) is 12.5 Å². The normalized spacial score (nSPS) is 17.1. The fourth-order valence-corrected chi connectivity index (χ4v) is 3.92. The maximum absolute atomic E-state index is 13.6. The van der Waals surface area contributed by atoms with E-state index in [0.29, 0.717) is 31.1 Å². The van der Waals surface area contributed by atoms with Crippen molar-refractivity contribution in [3.63, 3.8) is 0 Å². The Kier molecular flexibility index (Phi) is 7.00. The van der Waals surface area contributed by atoms with Crippen molar-refractivity contribution in [3.8, 4) is 0 Å². The number of benzene rings is 1. The molecule has 0 saturated heterocycles. The van der Waals surface area contributed by atoms with E-state index in [1.807, 2.05) is 27.7 Å². The number of ether oxygens (including phenoxy) is 2. The van der Waals surface area contributed by atoms with Crippen LogP contribution in [0.15, 0.2) is 23.2 Å². The van der Waals surface area contributed by atoms with Crippen LogP contribution in [0.1, 0.15) is 69.3 Å². The molecule has 2 atom stereocenters. The molecule has 174 valence electrons. The summed E-state index contributed by atoms with van der Waals surface area (Å²) >= 11 is 0. The molecular weight excluding hydrogens is 415 g/mol. The predicted octanol–water partition coefficient (Wildman–Crippen LogP) is 4.28. The lowest BCUT2D eigenvalue weighted by molar-refractivity contribution is -0.102. The summed E-state index contributed by atoms with van der Waals surface area (Å²) in [6.07, 6.45) is -1.65. The van der Waals surface area contributed by atoms with E-state index in [1.165, 1.54) is 12.1 Å². The van der Waals surface area contributed by atoms with Crippen LogP contribution < -0.4 is 0 Å². The van der Waals surface area contributed by atoms with Crippen LogP contribution in [0.25, 0.3) is 0 Å². The number of aliphatic hydroxyl groups excluding tert-OH is 1. The number of carbonyl (C=O) groups is 1. The molecule has 1 aromatic carbocycles. The van der Waals surface area contributed by atoms with Crippen LogP contribution in [0.5, 0.6) is 0 Å². The summed E-state index contributed by atoms with van der Waals surface area (Å²) in [4.78, 5) is 18.3. The lowest BCUT2D eigenvalue weighted by atomic mass is 9.96. The lowest BCUT2D eigenvalue weighted by Gasteiger charge is -2.33. The first kappa shape index (κ1) is 23.9. The van der Waals surface area contributed by atoms with Crippen molar-refractivity contribution in [3.05, 3.63) is 46.5 Å². The highest BCUT2D eigenvalue weighted by Gasteiger charge is 2.35. The molecule has 1 aliphatic heterocycles. The van der Waals surface area contributed by atoms with E-state index >= 15 is 0 Å². The number of hydrogen-bond donors (Lipinski definition) is 1. The fourth-order valence-electron chi connectivity index (χ4n) is 3.92. The Bertz CT molecular complexity index is 999. The Labute approximate surface area is 187 Å². The van der Waals surface area contributed by atoms with Crippen LogP contribution in [0, 0.1) is 5.82 Å². The molecule has 3 rings (SSSR count). The summed E-state index contributed by atoms with van der Waals surface area (Å²) in [7, 11) is 0. The van der Waals surface area contributed by atoms with Crippen LogP contribution in [-0.4, -0.2) is 51.4 Å². The second kappa shape index (κ2) is 9.38. The molecule has 2 heterocycles. The summed E-state index contributed by atoms with van der Waals surface area (Å²) in [5, 5.41) is 15.2. The lowest BCUT2D eigenvalue weighted by Crippen LogP contribution is -2.41. The number of fused-ring (bicyclic) bond motifs is 1. The Morgan fingerprint density at radius 3 is 2.78 bits per heavy atom. The zero-order valence-corrected chi connectivity index (χ0v) is 19.3. The van der Waals surface area contributed by atoms with Crippen LogP contribution >= 0.6 is 0 Å². The first-order valence-electron chi connectivity index (χ1n) is 10.7. The number of nitrogens with zero attached hydrogens (tertiary/aromatic N) is 4. The van der Waals surface area contributed by atoms with Crippen molar-refractivity contribution in [1.82, 2.24) is 14.7 Å². The van der Waals surface area contributed by atoms with E-state index in [4.69, 9.17) is 9.47 Å². The third kappa shape index (κ3) is 5.16. The number of aliphatic hydroxyl groups is 1. The third-order valence-electron chi connectivity index (χ3n) is 5.18. The standard InChI is InChI=1S/C23H31FN4O4/c1-7-31-21(29)19-17-13-27(22(30)32-23(3,4)5)11-14(2)20(17)28(26-19)12-15-8-9-16(24)10-18(15)25-6/h8-10,14,21,29H,6-7,11-13H2,1-5H3. The van der Waals surface area contributed by atoms with Crippen molar-refractivity contribution >= 4 is 18.5 Å². The maximum atomic E-state index is 13.6. The van der Waals surface area contributed by atoms with Gasteiger partial charge in [-0.3, -0.25) is 9.67 Å². The van der Waals surface area contributed by atoms with Gasteiger partial charge in [-0.1, -0.05) is 13.0 Å². The quantitative estimate of drug-likeness (QED) is 0.528. The molecule has 1 N–H and O–H groups in total. The van der Waals surface area contributed by atoms with Gasteiger partial charge in [0.2, 0.25) is 6.29 Å². The number of hydrogen-bond acceptors (Lipinski definition) is 6. The first-order valence-corrected chi connectivity index (χ1v) is 10.7. The molecule has 0 saturated carbocycles. The van der Waals surface area contributed by atoms with Crippen LogP contribution in [0.3, 0.4) is 0 Å². The van der Waals surface area contributed by atoms with Crippen molar-refractivity contribution in [2.75, 3.05) is 13.2 Å². The van der Waals surface area contributed by atoms with Crippen molar-refractivity contribution < 1.29 is 23.8 Å². The van der Waals surface area contributed by atoms with Gasteiger partial charge in [-0.2, -0.15) is 5.10 Å². The number of aliphatic imine (C=N–C) groups is 1. The summed E-state index contributed by atoms with van der Waals surface area (Å²) < 4.78 is 26.3. The van der Waals surface area contributed by atoms with Gasteiger partial charge in [-0.05, 0) is 52.1 Å². The number of halogens is 1. The van der Waals surface area contributed by atoms with Gasteiger partial charge < -0.3 is 19.5 Å². The predicted molar refractivity (Wildman–Crippen MR) is 119 cm³/mol. The van der Waals surface area contributed by atoms with E-state index in [1.54, 1.807) is 22.6 Å². The summed E-state index contributed by atoms with van der Waals surface area (Å²) in [5.74, 6) is -0.477. The Morgan fingerprint density at radius 1 is 1.44 bits per heavy atom. The number of rotatable bonds is 6. The van der Waals surface area contributed by atoms with E-state index in [0.717, 1.165) is 16.8 Å². The SMILES string of the molecule is C=Nc1cc(F)ccc1Cn1nc(C(O)OCC)c2c1C(C)CN(C(=O)OC(C)(C)C)C2. The van der Waals surface area contributed by atoms with E-state index < -0.39 is 23.8 Å². The highest BCUT2D eigenvalue weighted by atomic mass is 19.1. The Morgan fingerprint density at radius 2 is 2.16 bits per heavy atom. The van der Waals surface area contributed by atoms with Gasteiger partial charge in [0.05, 0.1) is 18.8 Å². The first-order chi connectivity index (χ1) is 15.0. The molecule has 1 aliphatic rings. The van der Waals surface area contributed by atoms with Gasteiger partial charge in [0.25, 0.3) is 0 Å². The third-order valence-corrected chi connectivity index (χ3v) is 5.18. The van der Waals surface area contributed by atoms with E-state index in [9.17, 15) is 14.3 Å². The van der Waals surface area contributed by atoms with Gasteiger partial charge >= 0.3 is 6.09 Å². The van der Waals surface area contributed by atoms with Gasteiger partial charge in [-0.15, -0.1) is 0 Å². The molecule has 32 heavy (non-hydrogen) atoms. The molecule has 0 fully saturated rings. The monoisotopic (exact) mass is 446 g/mol. The molecule has 1 amide bonds. The second-order valence-corrected chi connectivity index (χ2v) is 8.91. The van der Waals surface area contributed by atoms with Crippen LogP contribution in [0.4, 0.5) is 14.9 Å². The Hall–Kier alpha value is -2.78. The number of amides is 1. The minimum atomic E-state index is -1.23. The van der Waals surface area contributed by atoms with E-state index in [2.05, 4.69) is 16.8 Å². The molecule has 2 aromatic rings. The zero-order valence-electron chi connectivity index (χ0n) is 19.3. The topological polar surface area (TPSA) is 89.2 Å². The molecule has 2 unspecified atom stereocenters. The van der Waals surface area contributed by atoms with Crippen molar-refractivity contribution in [2.24, 2.45) is 4.99 Å². The molecular formula is C23H31FN4O4. The van der Waals surface area contributed by atoms with Crippen molar-refractivity contribution in [2.45, 2.75) is 65.5 Å². The molecule has 0 aliphatic carbocycles. The van der Waals surface area contributed by atoms with Gasteiger partial charge in [0.15, 0.2) is 0 Å². The van der Waals surface area contributed by atoms with Crippen LogP contribution in [0.2, 0.25) is 0 Å². The van der Waals surface area contributed by atoms with Gasteiger partial charge in [0.1, 0.15) is 17.1 Å². The zero-order chi connectivity index (χ0) is 23.6. The minimum absolute atomic E-state index is 0.0815. The summed E-state index contributed by atoms with van der Waals surface area (Å²) in [6.45, 7) is 14.0. The van der Waals surface area contributed by atoms with Gasteiger partial charge in [0, 0.05) is 30.3 Å². The molecule has 8 nitrogen and oxygen atoms in total. The molecule has 9 heteroatoms. The highest BCUT2D eigenvalue weighted by molar-refractivity contribution is 5.69. The number of carbonyl (C=O) groups excluding carboxylic acids is 1. The number of aromatic nitrogens is 2. The maximum Gasteiger partial charge on any atom is 0.410 e. The average molecular weight is 447 g/mol. The average Bonchev–Trinajstić information content (AvgIpc) is 3.07. The van der Waals surface area contributed by atoms with Crippen LogP contribution in [-0.2, 0) is 22.6 Å². The summed E-state index contributed by atoms with van der Waals surface area (Å²) in [6, 6.07) is 4.33. The Balaban J connectivity index is 2.01.